The maximum Gasteiger partial charge on any atom is 0.320 e. The van der Waals surface area contributed by atoms with E-state index in [2.05, 4.69) is 85.2 Å². The number of fused-ring (bicyclic) bond motifs is 1. The highest BCUT2D eigenvalue weighted by atomic mass is 35.5. The fraction of sp³-hybridized carbons (Fsp3) is 0.444. The summed E-state index contributed by atoms with van der Waals surface area (Å²) in [6.07, 6.45) is 6.58. The number of piperidine rings is 2. The fourth-order valence-electron chi connectivity index (χ4n) is 9.53. The lowest BCUT2D eigenvalue weighted by Crippen LogP contribution is -2.44. The second-order valence-electron chi connectivity index (χ2n) is 16.1. The van der Waals surface area contributed by atoms with E-state index in [4.69, 9.17) is 25.8 Å². The molecule has 2 aliphatic carbocycles. The Morgan fingerprint density at radius 2 is 1.71 bits per heavy atom. The normalized spacial score (nSPS) is 23.7. The molecular formula is C45H50ClN5O5. The largest absolute Gasteiger partial charge is 0.493 e. The molecule has 9 rings (SSSR count). The molecule has 5 aliphatic rings. The number of carbonyl (C=O) groups is 1. The molecule has 292 valence electrons. The van der Waals surface area contributed by atoms with Crippen LogP contribution in [0, 0.1) is 37.0 Å². The van der Waals surface area contributed by atoms with Crippen LogP contribution in [0.1, 0.15) is 59.1 Å². The highest BCUT2D eigenvalue weighted by Gasteiger charge is 2.90. The molecule has 3 aromatic carbocycles. The van der Waals surface area contributed by atoms with Crippen molar-refractivity contribution in [1.29, 1.82) is 5.26 Å². The van der Waals surface area contributed by atoms with Crippen LogP contribution in [-0.4, -0.2) is 88.7 Å². The zero-order chi connectivity index (χ0) is 39.1. The Morgan fingerprint density at radius 3 is 2.46 bits per heavy atom. The summed E-state index contributed by atoms with van der Waals surface area (Å²) in [5, 5.41) is 19.7. The molecule has 10 nitrogen and oxygen atoms in total. The van der Waals surface area contributed by atoms with Crippen molar-refractivity contribution in [3.05, 3.63) is 105 Å². The van der Waals surface area contributed by atoms with E-state index in [9.17, 15) is 15.2 Å². The number of nitriles is 1. The quantitative estimate of drug-likeness (QED) is 0.115. The summed E-state index contributed by atoms with van der Waals surface area (Å²) < 4.78 is 19.1. The molecule has 2 unspecified atom stereocenters. The van der Waals surface area contributed by atoms with Gasteiger partial charge in [0, 0.05) is 72.6 Å². The lowest BCUT2D eigenvalue weighted by Gasteiger charge is -2.33. The van der Waals surface area contributed by atoms with Gasteiger partial charge in [0.25, 0.3) is 0 Å². The van der Waals surface area contributed by atoms with Crippen LogP contribution in [0.2, 0.25) is 5.02 Å². The number of pyridine rings is 1. The van der Waals surface area contributed by atoms with E-state index < -0.39 is 12.0 Å². The Morgan fingerprint density at radius 1 is 0.946 bits per heavy atom. The van der Waals surface area contributed by atoms with Gasteiger partial charge in [0.1, 0.15) is 42.6 Å². The van der Waals surface area contributed by atoms with Crippen LogP contribution in [0.15, 0.2) is 67.0 Å². The fourth-order valence-corrected chi connectivity index (χ4v) is 9.77. The average molecular weight is 776 g/mol. The molecule has 56 heavy (non-hydrogen) atoms. The average Bonchev–Trinajstić information content (AvgIpc) is 4.02. The number of aromatic nitrogens is 1. The first-order valence-corrected chi connectivity index (χ1v) is 20.1. The smallest absolute Gasteiger partial charge is 0.320 e. The minimum absolute atomic E-state index is 0.166. The van der Waals surface area contributed by atoms with Crippen LogP contribution >= 0.6 is 11.6 Å². The van der Waals surface area contributed by atoms with Crippen molar-refractivity contribution >= 4 is 17.6 Å². The van der Waals surface area contributed by atoms with Crippen molar-refractivity contribution in [2.45, 2.75) is 76.9 Å². The molecule has 0 amide bonds. The topological polar surface area (TPSA) is 111 Å². The van der Waals surface area contributed by atoms with Gasteiger partial charge >= 0.3 is 5.97 Å². The number of nitrogens with zero attached hydrogens (tertiary/aromatic N) is 5. The van der Waals surface area contributed by atoms with Gasteiger partial charge in [-0.15, -0.1) is 0 Å². The van der Waals surface area contributed by atoms with E-state index in [0.29, 0.717) is 53.7 Å². The Hall–Kier alpha value is -4.66. The predicted octanol–water partition coefficient (Wildman–Crippen LogP) is 7.50. The van der Waals surface area contributed by atoms with Crippen molar-refractivity contribution in [3.63, 3.8) is 0 Å². The molecule has 2 saturated carbocycles. The zero-order valence-electron chi connectivity index (χ0n) is 32.6. The molecule has 3 aliphatic heterocycles. The first kappa shape index (κ1) is 38.2. The van der Waals surface area contributed by atoms with E-state index >= 15 is 0 Å². The van der Waals surface area contributed by atoms with Crippen molar-refractivity contribution in [2.24, 2.45) is 11.8 Å². The number of hydrogen-bond acceptors (Lipinski definition) is 9. The molecule has 5 fully saturated rings. The molecule has 3 atom stereocenters. The standard InChI is InChI=1S/C45H50ClN5O5/c1-28-32(10-7-11-34(28)35-12-8-14-38(29(35)2)54-17-9-16-51-27-45(49(3)4)41-42(45)43(41)51)26-56-40-20-39(55-25-31-18-30(21-47)22-48-23-31)33(19-36(40)46)24-50-15-6-5-13-37(50)44(52)53/h7-8,10-12,14,18-20,22-23,37,41-43H,5-6,9,13,15-17,24-27H2,1-4H3,(H,52,53)/t37-,41?,42?,43?,45?/m0/s1. The number of ether oxygens (including phenoxy) is 3. The highest BCUT2D eigenvalue weighted by Crippen LogP contribution is 2.79. The Labute approximate surface area is 334 Å². The summed E-state index contributed by atoms with van der Waals surface area (Å²) in [7, 11) is 4.46. The van der Waals surface area contributed by atoms with E-state index in [1.807, 2.05) is 11.0 Å². The molecular weight excluding hydrogens is 726 g/mol. The van der Waals surface area contributed by atoms with Gasteiger partial charge in [-0.2, -0.15) is 5.26 Å². The minimum atomic E-state index is -0.826. The van der Waals surface area contributed by atoms with E-state index in [1.165, 1.54) is 12.7 Å². The molecule has 0 radical (unpaired) electrons. The molecule has 3 saturated heterocycles. The van der Waals surface area contributed by atoms with Gasteiger partial charge in [0.05, 0.1) is 17.2 Å². The van der Waals surface area contributed by atoms with Gasteiger partial charge < -0.3 is 24.2 Å². The maximum absolute atomic E-state index is 12.1. The molecule has 11 heteroatoms. The van der Waals surface area contributed by atoms with E-state index in [-0.39, 0.29) is 13.2 Å². The third-order valence-corrected chi connectivity index (χ3v) is 13.0. The molecule has 2 bridgehead atoms. The summed E-state index contributed by atoms with van der Waals surface area (Å²) in [5.41, 5.74) is 7.91. The second-order valence-corrected chi connectivity index (χ2v) is 16.5. The van der Waals surface area contributed by atoms with Crippen LogP contribution < -0.4 is 14.2 Å². The van der Waals surface area contributed by atoms with Crippen molar-refractivity contribution < 1.29 is 24.1 Å². The summed E-state index contributed by atoms with van der Waals surface area (Å²) in [4.78, 5) is 23.4. The third kappa shape index (κ3) is 7.22. The molecule has 4 aromatic rings. The Kier molecular flexibility index (Phi) is 10.7. The number of rotatable bonds is 16. The van der Waals surface area contributed by atoms with Crippen LogP contribution in [-0.2, 0) is 24.6 Å². The number of carboxylic acid groups (broad SMARTS) is 1. The van der Waals surface area contributed by atoms with Gasteiger partial charge in [0.2, 0.25) is 0 Å². The monoisotopic (exact) mass is 775 g/mol. The summed E-state index contributed by atoms with van der Waals surface area (Å²) in [5.74, 6) is 2.89. The Balaban J connectivity index is 0.953. The molecule has 4 heterocycles. The van der Waals surface area contributed by atoms with Gasteiger partial charge in [-0.05, 0) is 99.8 Å². The number of benzene rings is 3. The number of likely N-dealkylation sites (N-methyl/N-ethyl adjacent to an activating group) is 1. The van der Waals surface area contributed by atoms with Gasteiger partial charge in [0.15, 0.2) is 0 Å². The number of halogens is 1. The number of likely N-dealkylation sites (tertiary alicyclic amines) is 1. The lowest BCUT2D eigenvalue weighted by molar-refractivity contribution is -0.144. The van der Waals surface area contributed by atoms with Crippen molar-refractivity contribution in [3.8, 4) is 34.4 Å². The van der Waals surface area contributed by atoms with E-state index in [0.717, 1.165) is 88.4 Å². The molecule has 1 aromatic heterocycles. The first-order valence-electron chi connectivity index (χ1n) is 19.7. The van der Waals surface area contributed by atoms with E-state index in [1.54, 1.807) is 18.3 Å². The second kappa shape index (κ2) is 15.7. The lowest BCUT2D eigenvalue weighted by atomic mass is 9.93. The number of carboxylic acids is 1. The van der Waals surface area contributed by atoms with Gasteiger partial charge in [-0.25, -0.2) is 0 Å². The third-order valence-electron chi connectivity index (χ3n) is 12.7. The molecule has 1 N–H and O–H groups in total. The first-order chi connectivity index (χ1) is 27.1. The minimum Gasteiger partial charge on any atom is -0.493 e. The van der Waals surface area contributed by atoms with Crippen LogP contribution in [0.25, 0.3) is 11.1 Å². The number of hydrogen-bond donors (Lipinski definition) is 1. The van der Waals surface area contributed by atoms with Crippen LogP contribution in [0.5, 0.6) is 17.2 Å². The maximum atomic E-state index is 12.1. The summed E-state index contributed by atoms with van der Waals surface area (Å²) in [6.45, 7) is 8.70. The van der Waals surface area contributed by atoms with Crippen molar-refractivity contribution in [2.75, 3.05) is 40.3 Å². The predicted molar refractivity (Wildman–Crippen MR) is 215 cm³/mol. The molecule has 0 spiro atoms. The number of aliphatic carboxylic acids is 1. The highest BCUT2D eigenvalue weighted by molar-refractivity contribution is 6.32. The SMILES string of the molecule is Cc1c(COc2cc(OCc3cncc(C#N)c3)c(CN3CCCC[C@H]3C(=O)O)cc2Cl)cccc1-c1cccc(OCCCN2CC3(N(C)C)C4C2C43)c1C. The Bertz CT molecular complexity index is 2160. The summed E-state index contributed by atoms with van der Waals surface area (Å²) in [6, 6.07) is 20.2. The summed E-state index contributed by atoms with van der Waals surface area (Å²) >= 11 is 6.88. The van der Waals surface area contributed by atoms with Crippen molar-refractivity contribution in [1.82, 2.24) is 19.7 Å². The van der Waals surface area contributed by atoms with Crippen LogP contribution in [0.3, 0.4) is 0 Å². The van der Waals surface area contributed by atoms with Crippen LogP contribution in [0.4, 0.5) is 0 Å². The van der Waals surface area contributed by atoms with Gasteiger partial charge in [-0.3, -0.25) is 19.6 Å². The zero-order valence-corrected chi connectivity index (χ0v) is 33.4. The van der Waals surface area contributed by atoms with Gasteiger partial charge in [-0.1, -0.05) is 48.4 Å².